The molecule has 0 fully saturated rings. The summed E-state index contributed by atoms with van der Waals surface area (Å²) in [6.45, 7) is 10.7. The number of hydrogen-bond donors (Lipinski definition) is 1. The van der Waals surface area contributed by atoms with E-state index < -0.39 is 0 Å². The van der Waals surface area contributed by atoms with Crippen molar-refractivity contribution in [1.29, 1.82) is 0 Å². The Morgan fingerprint density at radius 1 is 1.27 bits per heavy atom. The molecule has 0 saturated heterocycles. The summed E-state index contributed by atoms with van der Waals surface area (Å²) >= 11 is 0. The van der Waals surface area contributed by atoms with E-state index in [-0.39, 0.29) is 0 Å². The van der Waals surface area contributed by atoms with E-state index >= 15 is 0 Å². The van der Waals surface area contributed by atoms with Gasteiger partial charge >= 0.3 is 0 Å². The van der Waals surface area contributed by atoms with Gasteiger partial charge in [-0.25, -0.2) is 0 Å². The van der Waals surface area contributed by atoms with Crippen LogP contribution < -0.4 is 5.09 Å². The van der Waals surface area contributed by atoms with Crippen molar-refractivity contribution in [2.45, 2.75) is 13.8 Å². The van der Waals surface area contributed by atoms with Gasteiger partial charge in [0.25, 0.3) is 0 Å². The molecule has 70 valence electrons. The zero-order valence-electron chi connectivity index (χ0n) is 8.36. The van der Waals surface area contributed by atoms with Crippen molar-refractivity contribution >= 4 is 17.5 Å². The molecule has 0 heterocycles. The van der Waals surface area contributed by atoms with Gasteiger partial charge in [0.1, 0.15) is 0 Å². The molecule has 0 amide bonds. The van der Waals surface area contributed by atoms with Crippen LogP contribution in [0.5, 0.6) is 0 Å². The molecule has 1 N–H and O–H groups in total. The molecule has 2 atom stereocenters. The highest BCUT2D eigenvalue weighted by molar-refractivity contribution is 7.34. The molecule has 0 bridgehead atoms. The highest BCUT2D eigenvalue weighted by Crippen LogP contribution is 2.06. The molecule has 0 aliphatic rings. The van der Waals surface area contributed by atoms with Crippen molar-refractivity contribution in [3.63, 3.8) is 0 Å². The summed E-state index contributed by atoms with van der Waals surface area (Å²) in [5, 5.41) is 3.30. The molecule has 0 spiro atoms. The van der Waals surface area contributed by atoms with Crippen molar-refractivity contribution in [3.05, 3.63) is 0 Å². The van der Waals surface area contributed by atoms with Crippen LogP contribution in [-0.2, 0) is 0 Å². The second-order valence-corrected chi connectivity index (χ2v) is 3.89. The summed E-state index contributed by atoms with van der Waals surface area (Å²) in [5.41, 5.74) is 0. The SMILES string of the molecule is CC.CPNCCN(C)PC. The number of likely N-dealkylation sites (N-methyl/N-ethyl adjacent to an activating group) is 1. The Balaban J connectivity index is 0. The average molecular weight is 196 g/mol. The quantitative estimate of drug-likeness (QED) is 0.534. The first-order chi connectivity index (χ1) is 5.31. The van der Waals surface area contributed by atoms with Gasteiger partial charge in [-0.05, 0) is 20.4 Å². The maximum Gasteiger partial charge on any atom is 0.0144 e. The van der Waals surface area contributed by atoms with Crippen LogP contribution >= 0.6 is 17.5 Å². The van der Waals surface area contributed by atoms with Gasteiger partial charge in [-0.3, -0.25) is 9.76 Å². The first kappa shape index (κ1) is 14.3. The van der Waals surface area contributed by atoms with Crippen molar-refractivity contribution in [2.24, 2.45) is 0 Å². The molecule has 0 aliphatic heterocycles. The lowest BCUT2D eigenvalue weighted by atomic mass is 10.7. The summed E-state index contributed by atoms with van der Waals surface area (Å²) in [6.07, 6.45) is 0. The smallest absolute Gasteiger partial charge is 0.0144 e. The molecule has 2 unspecified atom stereocenters. The zero-order chi connectivity index (χ0) is 9.11. The summed E-state index contributed by atoms with van der Waals surface area (Å²) in [6, 6.07) is 0. The molecular weight excluding hydrogens is 174 g/mol. The van der Waals surface area contributed by atoms with Crippen molar-refractivity contribution in [3.8, 4) is 0 Å². The highest BCUT2D eigenvalue weighted by Gasteiger charge is 1.90. The van der Waals surface area contributed by atoms with E-state index in [9.17, 15) is 0 Å². The van der Waals surface area contributed by atoms with E-state index in [4.69, 9.17) is 0 Å². The molecule has 4 heteroatoms. The lowest BCUT2D eigenvalue weighted by Gasteiger charge is -2.12. The van der Waals surface area contributed by atoms with Crippen LogP contribution in [0.25, 0.3) is 0 Å². The molecule has 0 radical (unpaired) electrons. The lowest BCUT2D eigenvalue weighted by molar-refractivity contribution is 0.560. The lowest BCUT2D eigenvalue weighted by Crippen LogP contribution is -2.18. The van der Waals surface area contributed by atoms with Gasteiger partial charge in [-0.1, -0.05) is 31.3 Å². The Labute approximate surface area is 75.2 Å². The van der Waals surface area contributed by atoms with Gasteiger partial charge in [0, 0.05) is 13.1 Å². The van der Waals surface area contributed by atoms with Gasteiger partial charge in [0.05, 0.1) is 0 Å². The predicted octanol–water partition coefficient (Wildman–Crippen LogP) is 1.98. The van der Waals surface area contributed by atoms with E-state index in [2.05, 4.69) is 30.1 Å². The van der Waals surface area contributed by atoms with Crippen LogP contribution in [0.15, 0.2) is 0 Å². The number of nitrogens with zero attached hydrogens (tertiary/aromatic N) is 1. The van der Waals surface area contributed by atoms with Crippen LogP contribution in [0.1, 0.15) is 13.8 Å². The molecule has 0 aliphatic carbocycles. The molecule has 0 aromatic carbocycles. The van der Waals surface area contributed by atoms with Crippen LogP contribution in [0.4, 0.5) is 0 Å². The van der Waals surface area contributed by atoms with Gasteiger partial charge < -0.3 is 0 Å². The van der Waals surface area contributed by atoms with E-state index in [0.717, 1.165) is 24.0 Å². The van der Waals surface area contributed by atoms with E-state index in [1.165, 1.54) is 6.54 Å². The summed E-state index contributed by atoms with van der Waals surface area (Å²) in [5.74, 6) is 0. The first-order valence-electron chi connectivity index (χ1n) is 4.09. The summed E-state index contributed by atoms with van der Waals surface area (Å²) in [7, 11) is 3.98. The molecule has 0 rings (SSSR count). The van der Waals surface area contributed by atoms with Crippen LogP contribution in [0, 0.1) is 0 Å². The molecule has 2 nitrogen and oxygen atoms in total. The van der Waals surface area contributed by atoms with E-state index in [0.29, 0.717) is 0 Å². The summed E-state index contributed by atoms with van der Waals surface area (Å²) < 4.78 is 2.33. The van der Waals surface area contributed by atoms with Gasteiger partial charge in [-0.15, -0.1) is 0 Å². The maximum atomic E-state index is 3.30. The minimum absolute atomic E-state index is 0.885. The average Bonchev–Trinajstić information content (AvgIpc) is 2.08. The highest BCUT2D eigenvalue weighted by atomic mass is 31.1. The zero-order valence-corrected chi connectivity index (χ0v) is 10.4. The van der Waals surface area contributed by atoms with Crippen molar-refractivity contribution < 1.29 is 0 Å². The summed E-state index contributed by atoms with van der Waals surface area (Å²) in [4.78, 5) is 0. The Morgan fingerprint density at radius 2 is 1.82 bits per heavy atom. The maximum absolute atomic E-state index is 3.30. The molecule has 0 saturated carbocycles. The standard InChI is InChI=1S/C5H16N2P2.C2H6/c1-7(9-3)5-4-6-8-2;1-2/h6,8-9H,4-5H2,1-3H3;1-2H3. The Morgan fingerprint density at radius 3 is 2.18 bits per heavy atom. The third kappa shape index (κ3) is 13.7. The predicted molar refractivity (Wildman–Crippen MR) is 60.5 cm³/mol. The molecular formula is C7H22N2P2. The van der Waals surface area contributed by atoms with Crippen LogP contribution in [0.2, 0.25) is 0 Å². The van der Waals surface area contributed by atoms with Crippen molar-refractivity contribution in [2.75, 3.05) is 33.5 Å². The molecule has 0 aromatic heterocycles. The topological polar surface area (TPSA) is 15.3 Å². The largest absolute Gasteiger partial charge is 0.297 e. The molecule has 0 aromatic rings. The Bertz CT molecular complexity index is 62.4. The number of nitrogens with one attached hydrogen (secondary N) is 1. The van der Waals surface area contributed by atoms with Crippen LogP contribution in [0.3, 0.4) is 0 Å². The van der Waals surface area contributed by atoms with Crippen molar-refractivity contribution in [1.82, 2.24) is 9.76 Å². The molecule has 11 heavy (non-hydrogen) atoms. The third-order valence-corrected chi connectivity index (χ3v) is 2.72. The third-order valence-electron chi connectivity index (χ3n) is 1.13. The second-order valence-electron chi connectivity index (χ2n) is 1.82. The van der Waals surface area contributed by atoms with Gasteiger partial charge in [-0.2, -0.15) is 0 Å². The Hall–Kier alpha value is 0.780. The number of hydrogen-bond acceptors (Lipinski definition) is 2. The van der Waals surface area contributed by atoms with Gasteiger partial charge in [0.15, 0.2) is 0 Å². The minimum Gasteiger partial charge on any atom is -0.297 e. The minimum atomic E-state index is 0.885. The monoisotopic (exact) mass is 196 g/mol. The van der Waals surface area contributed by atoms with Gasteiger partial charge in [0.2, 0.25) is 0 Å². The normalized spacial score (nSPS) is 11.5. The van der Waals surface area contributed by atoms with Crippen LogP contribution in [-0.4, -0.2) is 38.1 Å². The van der Waals surface area contributed by atoms with E-state index in [1.54, 1.807) is 0 Å². The Kier molecular flexibility index (Phi) is 17.4. The second kappa shape index (κ2) is 13.4. The fraction of sp³-hybridized carbons (Fsp3) is 1.00. The number of rotatable bonds is 5. The van der Waals surface area contributed by atoms with E-state index in [1.807, 2.05) is 13.8 Å². The first-order valence-corrected chi connectivity index (χ1v) is 7.04. The fourth-order valence-corrected chi connectivity index (χ4v) is 1.16. The fourth-order valence-electron chi connectivity index (χ4n) is 0.460.